The molecule has 156 valence electrons. The third kappa shape index (κ3) is 4.95. The molecule has 4 rings (SSSR count). The van der Waals surface area contributed by atoms with Crippen molar-refractivity contribution >= 4 is 68.5 Å². The molecule has 10 heteroatoms. The van der Waals surface area contributed by atoms with E-state index in [4.69, 9.17) is 23.2 Å². The molecule has 1 aliphatic heterocycles. The highest BCUT2D eigenvalue weighted by atomic mass is 35.5. The average Bonchev–Trinajstić information content (AvgIpc) is 3.42. The molecule has 1 fully saturated rings. The van der Waals surface area contributed by atoms with Crippen LogP contribution in [0, 0.1) is 0 Å². The van der Waals surface area contributed by atoms with Crippen LogP contribution in [0.4, 0.5) is 10.8 Å². The Bertz CT molecular complexity index is 1050. The molecule has 0 radical (unpaired) electrons. The molecule has 2 amide bonds. The number of hydrogen-bond donors (Lipinski definition) is 1. The molecule has 0 atom stereocenters. The second kappa shape index (κ2) is 9.34. The fourth-order valence-electron chi connectivity index (χ4n) is 3.17. The first-order valence-electron chi connectivity index (χ1n) is 9.25. The third-order valence-electron chi connectivity index (χ3n) is 4.79. The number of nitrogens with one attached hydrogen (secondary N) is 1. The Labute approximate surface area is 192 Å². The number of amides is 2. The third-order valence-corrected chi connectivity index (χ3v) is 7.02. The van der Waals surface area contributed by atoms with Gasteiger partial charge in [-0.15, -0.1) is 11.3 Å². The van der Waals surface area contributed by atoms with Gasteiger partial charge in [-0.2, -0.15) is 11.3 Å². The number of carbonyl (C=O) groups is 2. The molecule has 3 heterocycles. The van der Waals surface area contributed by atoms with Crippen LogP contribution < -0.4 is 10.2 Å². The van der Waals surface area contributed by atoms with Crippen molar-refractivity contribution in [2.45, 2.75) is 6.42 Å². The lowest BCUT2D eigenvalue weighted by Gasteiger charge is -2.36. The largest absolute Gasteiger partial charge is 0.368 e. The summed E-state index contributed by atoms with van der Waals surface area (Å²) in [4.78, 5) is 33.2. The van der Waals surface area contributed by atoms with E-state index in [1.54, 1.807) is 17.5 Å². The van der Waals surface area contributed by atoms with Gasteiger partial charge in [0.15, 0.2) is 5.13 Å². The van der Waals surface area contributed by atoms with E-state index >= 15 is 0 Å². The van der Waals surface area contributed by atoms with Gasteiger partial charge in [0.1, 0.15) is 0 Å². The Kier molecular flexibility index (Phi) is 6.58. The van der Waals surface area contributed by atoms with Crippen molar-refractivity contribution in [3.8, 4) is 0 Å². The second-order valence-electron chi connectivity index (χ2n) is 6.75. The number of thiazole rings is 1. The van der Waals surface area contributed by atoms with Crippen molar-refractivity contribution in [3.63, 3.8) is 0 Å². The van der Waals surface area contributed by atoms with Gasteiger partial charge in [-0.05, 0) is 29.6 Å². The van der Waals surface area contributed by atoms with Crippen LogP contribution >= 0.6 is 45.9 Å². The van der Waals surface area contributed by atoms with Crippen LogP contribution in [0.25, 0.3) is 0 Å². The van der Waals surface area contributed by atoms with Crippen LogP contribution in [-0.2, 0) is 11.2 Å². The molecule has 0 saturated carbocycles. The number of anilines is 2. The van der Waals surface area contributed by atoms with Gasteiger partial charge >= 0.3 is 0 Å². The van der Waals surface area contributed by atoms with Gasteiger partial charge in [0.25, 0.3) is 5.91 Å². The Morgan fingerprint density at radius 1 is 1.07 bits per heavy atom. The van der Waals surface area contributed by atoms with Crippen LogP contribution in [0.5, 0.6) is 0 Å². The quantitative estimate of drug-likeness (QED) is 0.576. The van der Waals surface area contributed by atoms with Gasteiger partial charge < -0.3 is 9.80 Å². The van der Waals surface area contributed by atoms with E-state index in [0.717, 1.165) is 18.8 Å². The van der Waals surface area contributed by atoms with Gasteiger partial charge in [-0.3, -0.25) is 14.9 Å². The molecule has 1 saturated heterocycles. The topological polar surface area (TPSA) is 65.5 Å². The molecule has 0 bridgehead atoms. The van der Waals surface area contributed by atoms with E-state index in [9.17, 15) is 9.59 Å². The van der Waals surface area contributed by atoms with E-state index in [-0.39, 0.29) is 18.2 Å². The van der Waals surface area contributed by atoms with Crippen molar-refractivity contribution in [1.82, 2.24) is 9.88 Å². The lowest BCUT2D eigenvalue weighted by molar-refractivity contribution is -0.130. The Morgan fingerprint density at radius 3 is 2.57 bits per heavy atom. The van der Waals surface area contributed by atoms with E-state index in [2.05, 4.69) is 15.2 Å². The number of halogens is 2. The zero-order chi connectivity index (χ0) is 21.1. The Balaban J connectivity index is 1.29. The number of hydrogen-bond acceptors (Lipinski definition) is 6. The van der Waals surface area contributed by atoms with Crippen LogP contribution in [-0.4, -0.2) is 47.9 Å². The summed E-state index contributed by atoms with van der Waals surface area (Å²) in [6, 6.07) is 7.33. The number of nitrogens with zero attached hydrogens (tertiary/aromatic N) is 3. The molecule has 2 aromatic heterocycles. The minimum atomic E-state index is -0.193. The van der Waals surface area contributed by atoms with Crippen molar-refractivity contribution in [1.29, 1.82) is 0 Å². The molecule has 1 aliphatic rings. The molecule has 1 N–H and O–H groups in total. The summed E-state index contributed by atoms with van der Waals surface area (Å²) in [7, 11) is 0. The molecule has 6 nitrogen and oxygen atoms in total. The lowest BCUT2D eigenvalue weighted by Crippen LogP contribution is -2.49. The maximum absolute atomic E-state index is 12.7. The van der Waals surface area contributed by atoms with Crippen molar-refractivity contribution < 1.29 is 9.59 Å². The fraction of sp³-hybridized carbons (Fsp3) is 0.250. The summed E-state index contributed by atoms with van der Waals surface area (Å²) < 4.78 is 0. The van der Waals surface area contributed by atoms with Gasteiger partial charge in [-0.1, -0.05) is 23.2 Å². The summed E-state index contributed by atoms with van der Waals surface area (Å²) in [5.74, 6) is -0.160. The monoisotopic (exact) mass is 480 g/mol. The van der Waals surface area contributed by atoms with Crippen molar-refractivity contribution in [3.05, 3.63) is 61.7 Å². The summed E-state index contributed by atoms with van der Waals surface area (Å²) in [5, 5.41) is 9.77. The van der Waals surface area contributed by atoms with Crippen LogP contribution in [0.1, 0.15) is 16.1 Å². The molecular formula is C20H18Cl2N4O2S2. The van der Waals surface area contributed by atoms with Crippen molar-refractivity contribution in [2.75, 3.05) is 36.4 Å². The maximum Gasteiger partial charge on any atom is 0.258 e. The van der Waals surface area contributed by atoms with Gasteiger partial charge in [-0.25, -0.2) is 4.98 Å². The fourth-order valence-corrected chi connectivity index (χ4v) is 4.80. The lowest BCUT2D eigenvalue weighted by atomic mass is 10.2. The van der Waals surface area contributed by atoms with Crippen LogP contribution in [0.2, 0.25) is 10.0 Å². The number of carbonyl (C=O) groups excluding carboxylic acids is 2. The summed E-state index contributed by atoms with van der Waals surface area (Å²) in [6.45, 7) is 2.71. The number of rotatable bonds is 5. The minimum absolute atomic E-state index is 0.0322. The highest BCUT2D eigenvalue weighted by molar-refractivity contribution is 7.14. The number of piperazine rings is 1. The number of benzene rings is 1. The Hall–Kier alpha value is -2.13. The first-order chi connectivity index (χ1) is 14.5. The molecule has 0 unspecified atom stereocenters. The SMILES string of the molecule is O=C(Nc1nc(CC(=O)N2CCN(c3ccc(Cl)c(Cl)c3)CC2)cs1)c1ccsc1. The molecule has 30 heavy (non-hydrogen) atoms. The molecule has 0 aliphatic carbocycles. The minimum Gasteiger partial charge on any atom is -0.368 e. The van der Waals surface area contributed by atoms with E-state index in [1.807, 2.05) is 27.8 Å². The van der Waals surface area contributed by atoms with Gasteiger partial charge in [0.2, 0.25) is 5.91 Å². The standard InChI is InChI=1S/C20H18Cl2N4O2S2/c21-16-2-1-15(10-17(16)22)25-4-6-26(7-5-25)18(27)9-14-12-30-20(23-14)24-19(28)13-3-8-29-11-13/h1-3,8,10-12H,4-7,9H2,(H,23,24,28). The molecule has 3 aromatic rings. The van der Waals surface area contributed by atoms with Gasteiger partial charge in [0.05, 0.1) is 27.7 Å². The number of thiophene rings is 1. The first kappa shape index (κ1) is 21.1. The second-order valence-corrected chi connectivity index (χ2v) is 9.21. The van der Waals surface area contributed by atoms with E-state index < -0.39 is 0 Å². The first-order valence-corrected chi connectivity index (χ1v) is 11.8. The number of aromatic nitrogens is 1. The highest BCUT2D eigenvalue weighted by Gasteiger charge is 2.22. The van der Waals surface area contributed by atoms with E-state index in [1.165, 1.54) is 22.7 Å². The molecular weight excluding hydrogens is 463 g/mol. The van der Waals surface area contributed by atoms with Crippen molar-refractivity contribution in [2.24, 2.45) is 0 Å². The summed E-state index contributed by atoms with van der Waals surface area (Å²) in [6.07, 6.45) is 0.220. The molecule has 1 aromatic carbocycles. The van der Waals surface area contributed by atoms with E-state index in [0.29, 0.717) is 39.5 Å². The normalized spacial score (nSPS) is 14.1. The zero-order valence-electron chi connectivity index (χ0n) is 15.8. The maximum atomic E-state index is 12.7. The molecule has 0 spiro atoms. The van der Waals surface area contributed by atoms with Crippen LogP contribution in [0.3, 0.4) is 0 Å². The zero-order valence-corrected chi connectivity index (χ0v) is 19.0. The highest BCUT2D eigenvalue weighted by Crippen LogP contribution is 2.28. The van der Waals surface area contributed by atoms with Gasteiger partial charge in [0, 0.05) is 42.6 Å². The predicted octanol–water partition coefficient (Wildman–Crippen LogP) is 4.66. The summed E-state index contributed by atoms with van der Waals surface area (Å²) in [5.41, 5.74) is 2.27. The predicted molar refractivity (Wildman–Crippen MR) is 123 cm³/mol. The average molecular weight is 481 g/mol. The smallest absolute Gasteiger partial charge is 0.258 e. The summed E-state index contributed by atoms with van der Waals surface area (Å²) >= 11 is 14.9. The Morgan fingerprint density at radius 2 is 1.87 bits per heavy atom. The van der Waals surface area contributed by atoms with Crippen LogP contribution in [0.15, 0.2) is 40.4 Å².